The standard InChI is InChI=1S/C15H13N3O2S/c1-9(2)11-5-3-10(4-6-11)7-12-14(20)18-15(21-12)17-13(19)8-16-18/h3-9H,1-2H3/b12-7+. The van der Waals surface area contributed by atoms with Crippen LogP contribution >= 0.6 is 11.3 Å². The first kappa shape index (κ1) is 13.6. The highest BCUT2D eigenvalue weighted by molar-refractivity contribution is 7.15. The average Bonchev–Trinajstić information content (AvgIpc) is 2.75. The molecule has 0 aliphatic heterocycles. The van der Waals surface area contributed by atoms with E-state index in [1.54, 1.807) is 6.08 Å². The van der Waals surface area contributed by atoms with E-state index in [0.29, 0.717) is 15.4 Å². The summed E-state index contributed by atoms with van der Waals surface area (Å²) in [4.78, 5) is 27.4. The van der Waals surface area contributed by atoms with Gasteiger partial charge in [0.15, 0.2) is 0 Å². The van der Waals surface area contributed by atoms with Crippen molar-refractivity contribution in [3.8, 4) is 0 Å². The van der Waals surface area contributed by atoms with Crippen molar-refractivity contribution in [2.75, 3.05) is 0 Å². The Balaban J connectivity index is 2.13. The highest BCUT2D eigenvalue weighted by Crippen LogP contribution is 2.14. The van der Waals surface area contributed by atoms with Crippen LogP contribution in [0, 0.1) is 0 Å². The Morgan fingerprint density at radius 3 is 2.57 bits per heavy atom. The summed E-state index contributed by atoms with van der Waals surface area (Å²) >= 11 is 1.16. The summed E-state index contributed by atoms with van der Waals surface area (Å²) in [6, 6.07) is 8.05. The zero-order valence-corrected chi connectivity index (χ0v) is 12.4. The molecule has 0 bridgehead atoms. The first-order valence-corrected chi connectivity index (χ1v) is 7.37. The van der Waals surface area contributed by atoms with Gasteiger partial charge in [-0.05, 0) is 23.1 Å². The third-order valence-electron chi connectivity index (χ3n) is 3.18. The van der Waals surface area contributed by atoms with Crippen molar-refractivity contribution >= 4 is 22.4 Å². The molecule has 106 valence electrons. The molecule has 1 aromatic carbocycles. The molecule has 0 unspecified atom stereocenters. The third kappa shape index (κ3) is 2.62. The highest BCUT2D eigenvalue weighted by Gasteiger charge is 2.05. The van der Waals surface area contributed by atoms with Gasteiger partial charge in [0, 0.05) is 0 Å². The van der Waals surface area contributed by atoms with Crippen molar-refractivity contribution in [2.24, 2.45) is 0 Å². The van der Waals surface area contributed by atoms with E-state index >= 15 is 0 Å². The Morgan fingerprint density at radius 2 is 1.90 bits per heavy atom. The third-order valence-corrected chi connectivity index (χ3v) is 4.14. The number of nitrogens with zero attached hydrogens (tertiary/aromatic N) is 3. The molecule has 0 radical (unpaired) electrons. The molecule has 0 fully saturated rings. The molecule has 0 saturated heterocycles. The molecule has 0 saturated carbocycles. The molecule has 0 spiro atoms. The zero-order chi connectivity index (χ0) is 15.0. The largest absolute Gasteiger partial charge is 0.292 e. The Labute approximate surface area is 124 Å². The SMILES string of the molecule is CC(C)c1ccc(/C=c2/sc3nc(=O)cnn3c2=O)cc1. The number of hydrogen-bond acceptors (Lipinski definition) is 5. The van der Waals surface area contributed by atoms with Gasteiger partial charge < -0.3 is 0 Å². The highest BCUT2D eigenvalue weighted by atomic mass is 32.1. The van der Waals surface area contributed by atoms with Crippen molar-refractivity contribution in [3.63, 3.8) is 0 Å². The molecule has 0 aliphatic rings. The Kier molecular flexibility index (Phi) is 3.39. The number of thiazole rings is 1. The number of hydrogen-bond donors (Lipinski definition) is 0. The molecule has 3 rings (SSSR count). The lowest BCUT2D eigenvalue weighted by molar-refractivity contribution is 0.865. The van der Waals surface area contributed by atoms with Crippen LogP contribution in [-0.4, -0.2) is 14.6 Å². The van der Waals surface area contributed by atoms with E-state index < -0.39 is 5.56 Å². The molecule has 0 amide bonds. The molecule has 0 aliphatic carbocycles. The van der Waals surface area contributed by atoms with E-state index in [0.717, 1.165) is 27.6 Å². The summed E-state index contributed by atoms with van der Waals surface area (Å²) in [6.07, 6.45) is 2.83. The van der Waals surface area contributed by atoms with Gasteiger partial charge in [-0.1, -0.05) is 49.4 Å². The van der Waals surface area contributed by atoms with Crippen molar-refractivity contribution in [1.82, 2.24) is 14.6 Å². The second kappa shape index (κ2) is 5.21. The molecule has 5 nitrogen and oxygen atoms in total. The van der Waals surface area contributed by atoms with E-state index in [9.17, 15) is 9.59 Å². The molecule has 3 aromatic rings. The van der Waals surface area contributed by atoms with Gasteiger partial charge in [-0.3, -0.25) is 9.59 Å². The van der Waals surface area contributed by atoms with Gasteiger partial charge in [0.25, 0.3) is 11.1 Å². The fourth-order valence-electron chi connectivity index (χ4n) is 2.00. The quantitative estimate of drug-likeness (QED) is 0.713. The van der Waals surface area contributed by atoms with Gasteiger partial charge in [0.2, 0.25) is 4.96 Å². The first-order chi connectivity index (χ1) is 10.0. The van der Waals surface area contributed by atoms with Crippen LogP contribution in [0.1, 0.15) is 30.9 Å². The van der Waals surface area contributed by atoms with Crippen LogP contribution in [-0.2, 0) is 0 Å². The van der Waals surface area contributed by atoms with Crippen molar-refractivity contribution in [1.29, 1.82) is 0 Å². The molecule has 2 aromatic heterocycles. The summed E-state index contributed by atoms with van der Waals surface area (Å²) in [7, 11) is 0. The lowest BCUT2D eigenvalue weighted by atomic mass is 10.0. The minimum absolute atomic E-state index is 0.254. The number of benzene rings is 1. The molecule has 0 N–H and O–H groups in total. The molecular weight excluding hydrogens is 286 g/mol. The fraction of sp³-hybridized carbons (Fsp3) is 0.200. The van der Waals surface area contributed by atoms with E-state index in [2.05, 4.69) is 23.9 Å². The van der Waals surface area contributed by atoms with Crippen molar-refractivity contribution in [3.05, 3.63) is 66.8 Å². The van der Waals surface area contributed by atoms with Crippen molar-refractivity contribution in [2.45, 2.75) is 19.8 Å². The van der Waals surface area contributed by atoms with E-state index in [1.807, 2.05) is 24.3 Å². The maximum absolute atomic E-state index is 12.2. The van der Waals surface area contributed by atoms with E-state index in [4.69, 9.17) is 0 Å². The second-order valence-corrected chi connectivity index (χ2v) is 6.04. The lowest BCUT2D eigenvalue weighted by Crippen LogP contribution is -2.25. The smallest absolute Gasteiger partial charge is 0.266 e. The average molecular weight is 299 g/mol. The summed E-state index contributed by atoms with van der Waals surface area (Å²) in [5.74, 6) is 0.470. The van der Waals surface area contributed by atoms with Crippen LogP contribution in [0.4, 0.5) is 0 Å². The minimum atomic E-state index is -0.441. The Hall–Kier alpha value is -2.34. The molecule has 2 heterocycles. The maximum Gasteiger partial charge on any atom is 0.292 e. The van der Waals surface area contributed by atoms with Gasteiger partial charge in [0.1, 0.15) is 6.20 Å². The minimum Gasteiger partial charge on any atom is -0.266 e. The fourth-order valence-corrected chi connectivity index (χ4v) is 2.92. The molecule has 6 heteroatoms. The van der Waals surface area contributed by atoms with Crippen LogP contribution in [0.5, 0.6) is 0 Å². The van der Waals surface area contributed by atoms with E-state index in [1.165, 1.54) is 5.56 Å². The molecule has 21 heavy (non-hydrogen) atoms. The predicted octanol–water partition coefficient (Wildman–Crippen LogP) is 1.18. The molecule has 0 atom stereocenters. The van der Waals surface area contributed by atoms with Crippen molar-refractivity contribution < 1.29 is 0 Å². The molecular formula is C15H13N3O2S. The van der Waals surface area contributed by atoms with Crippen LogP contribution in [0.25, 0.3) is 11.0 Å². The summed E-state index contributed by atoms with van der Waals surface area (Å²) in [5, 5.41) is 3.80. The maximum atomic E-state index is 12.2. The second-order valence-electron chi connectivity index (χ2n) is 5.03. The number of aromatic nitrogens is 3. The summed E-state index contributed by atoms with van der Waals surface area (Å²) < 4.78 is 1.67. The lowest BCUT2D eigenvalue weighted by Gasteiger charge is -2.04. The topological polar surface area (TPSA) is 64.3 Å². The van der Waals surface area contributed by atoms with Crippen LogP contribution in [0.15, 0.2) is 40.1 Å². The normalized spacial score (nSPS) is 12.4. The zero-order valence-electron chi connectivity index (χ0n) is 11.6. The predicted molar refractivity (Wildman–Crippen MR) is 82.7 cm³/mol. The van der Waals surface area contributed by atoms with E-state index in [-0.39, 0.29) is 5.56 Å². The number of fused-ring (bicyclic) bond motifs is 1. The monoisotopic (exact) mass is 299 g/mol. The van der Waals surface area contributed by atoms with Gasteiger partial charge in [-0.25, -0.2) is 0 Å². The van der Waals surface area contributed by atoms with Gasteiger partial charge in [0.05, 0.1) is 4.53 Å². The van der Waals surface area contributed by atoms with Crippen LogP contribution in [0.3, 0.4) is 0 Å². The Morgan fingerprint density at radius 1 is 1.19 bits per heavy atom. The van der Waals surface area contributed by atoms with Gasteiger partial charge >= 0.3 is 0 Å². The summed E-state index contributed by atoms with van der Waals surface area (Å²) in [6.45, 7) is 4.27. The Bertz CT molecular complexity index is 955. The van der Waals surface area contributed by atoms with Gasteiger partial charge in [-0.2, -0.15) is 14.6 Å². The van der Waals surface area contributed by atoms with Gasteiger partial charge in [-0.15, -0.1) is 0 Å². The van der Waals surface area contributed by atoms with Crippen LogP contribution < -0.4 is 15.7 Å². The summed E-state index contributed by atoms with van der Waals surface area (Å²) in [5.41, 5.74) is 1.49. The first-order valence-electron chi connectivity index (χ1n) is 6.55. The number of rotatable bonds is 2. The van der Waals surface area contributed by atoms with Crippen LogP contribution in [0.2, 0.25) is 0 Å².